The number of hydrogen-bond donors (Lipinski definition) is 1. The zero-order valence-corrected chi connectivity index (χ0v) is 10.2. The van der Waals surface area contributed by atoms with E-state index >= 15 is 0 Å². The minimum atomic E-state index is -0.859. The van der Waals surface area contributed by atoms with E-state index in [-0.39, 0.29) is 12.2 Å². The van der Waals surface area contributed by atoms with E-state index in [4.69, 9.17) is 9.52 Å². The van der Waals surface area contributed by atoms with Gasteiger partial charge in [-0.15, -0.1) is 0 Å². The van der Waals surface area contributed by atoms with Crippen LogP contribution in [0.25, 0.3) is 11.1 Å². The topological polar surface area (TPSA) is 63.3 Å². The van der Waals surface area contributed by atoms with Crippen LogP contribution in [-0.4, -0.2) is 16.1 Å². The van der Waals surface area contributed by atoms with Gasteiger partial charge in [0.1, 0.15) is 11.3 Å². The van der Waals surface area contributed by atoms with Crippen LogP contribution >= 0.6 is 0 Å². The number of nitrogens with zero attached hydrogens (tertiary/aromatic N) is 1. The van der Waals surface area contributed by atoms with Gasteiger partial charge in [-0.05, 0) is 17.5 Å². The second-order valence-electron chi connectivity index (χ2n) is 5.13. The summed E-state index contributed by atoms with van der Waals surface area (Å²) in [6.07, 6.45) is 0.426. The number of aliphatic carboxylic acids is 1. The number of carboxylic acids is 1. The number of hydrogen-bond acceptors (Lipinski definition) is 3. The molecule has 2 rings (SSSR count). The van der Waals surface area contributed by atoms with Gasteiger partial charge in [0.25, 0.3) is 0 Å². The lowest BCUT2D eigenvalue weighted by Gasteiger charge is -2.19. The van der Waals surface area contributed by atoms with Gasteiger partial charge in [-0.1, -0.05) is 13.8 Å². The van der Waals surface area contributed by atoms with Gasteiger partial charge in [0.15, 0.2) is 11.5 Å². The van der Waals surface area contributed by atoms with Crippen molar-refractivity contribution in [3.05, 3.63) is 29.9 Å². The summed E-state index contributed by atoms with van der Waals surface area (Å²) in [5.74, 6) is -0.806. The highest BCUT2D eigenvalue weighted by Crippen LogP contribution is 2.27. The monoisotopic (exact) mass is 251 g/mol. The van der Waals surface area contributed by atoms with Crippen molar-refractivity contribution in [2.45, 2.75) is 26.7 Å². The van der Waals surface area contributed by atoms with Crippen molar-refractivity contribution in [2.75, 3.05) is 0 Å². The summed E-state index contributed by atoms with van der Waals surface area (Å²) in [7, 11) is 0. The van der Waals surface area contributed by atoms with Crippen molar-refractivity contribution in [1.82, 2.24) is 4.98 Å². The normalized spacial score (nSPS) is 11.9. The number of aromatic nitrogens is 1. The third kappa shape index (κ3) is 2.85. The number of carbonyl (C=O) groups is 1. The molecule has 0 spiro atoms. The van der Waals surface area contributed by atoms with Crippen LogP contribution in [0.1, 0.15) is 26.2 Å². The highest BCUT2D eigenvalue weighted by Gasteiger charge is 2.25. The van der Waals surface area contributed by atoms with Gasteiger partial charge in [-0.25, -0.2) is 9.37 Å². The van der Waals surface area contributed by atoms with Crippen LogP contribution in [0.15, 0.2) is 22.6 Å². The second kappa shape index (κ2) is 4.40. The highest BCUT2D eigenvalue weighted by atomic mass is 19.1. The number of halogens is 1. The highest BCUT2D eigenvalue weighted by molar-refractivity contribution is 5.72. The van der Waals surface area contributed by atoms with E-state index in [1.165, 1.54) is 12.1 Å². The maximum absolute atomic E-state index is 13.0. The molecule has 0 aliphatic rings. The summed E-state index contributed by atoms with van der Waals surface area (Å²) in [6.45, 7) is 3.66. The summed E-state index contributed by atoms with van der Waals surface area (Å²) < 4.78 is 18.4. The lowest BCUT2D eigenvalue weighted by atomic mass is 9.86. The Labute approximate surface area is 103 Å². The molecular weight excluding hydrogens is 237 g/mol. The average molecular weight is 251 g/mol. The Bertz CT molecular complexity index is 589. The largest absolute Gasteiger partial charge is 0.481 e. The van der Waals surface area contributed by atoms with Crippen LogP contribution in [0.5, 0.6) is 0 Å². The Morgan fingerprint density at radius 1 is 1.50 bits per heavy atom. The van der Waals surface area contributed by atoms with E-state index in [0.29, 0.717) is 23.4 Å². The Hall–Kier alpha value is -1.91. The second-order valence-corrected chi connectivity index (χ2v) is 5.13. The summed E-state index contributed by atoms with van der Waals surface area (Å²) >= 11 is 0. The van der Waals surface area contributed by atoms with E-state index in [2.05, 4.69) is 4.98 Å². The molecule has 0 saturated heterocycles. The van der Waals surface area contributed by atoms with Crippen LogP contribution < -0.4 is 0 Å². The van der Waals surface area contributed by atoms with E-state index in [0.717, 1.165) is 0 Å². The third-order valence-corrected chi connectivity index (χ3v) is 2.65. The number of oxazole rings is 1. The maximum Gasteiger partial charge on any atom is 0.303 e. The molecule has 0 aliphatic carbocycles. The SMILES string of the molecule is CC(C)(CC(=O)O)Cc1nc2ccc(F)cc2o1. The maximum atomic E-state index is 13.0. The molecule has 1 aromatic carbocycles. The minimum Gasteiger partial charge on any atom is -0.481 e. The fraction of sp³-hybridized carbons (Fsp3) is 0.385. The Morgan fingerprint density at radius 3 is 2.89 bits per heavy atom. The number of carboxylic acid groups (broad SMARTS) is 1. The van der Waals surface area contributed by atoms with Crippen molar-refractivity contribution in [1.29, 1.82) is 0 Å². The van der Waals surface area contributed by atoms with Crippen molar-refractivity contribution < 1.29 is 18.7 Å². The molecule has 0 aliphatic heterocycles. The molecule has 0 bridgehead atoms. The minimum absolute atomic E-state index is 0.0279. The third-order valence-electron chi connectivity index (χ3n) is 2.65. The van der Waals surface area contributed by atoms with Crippen molar-refractivity contribution in [3.63, 3.8) is 0 Å². The number of fused-ring (bicyclic) bond motifs is 1. The zero-order valence-electron chi connectivity index (χ0n) is 10.2. The molecule has 0 fully saturated rings. The van der Waals surface area contributed by atoms with Crippen LogP contribution in [0, 0.1) is 11.2 Å². The molecule has 1 N–H and O–H groups in total. The molecule has 0 unspecified atom stereocenters. The first-order valence-corrected chi connectivity index (χ1v) is 5.62. The number of rotatable bonds is 4. The summed E-state index contributed by atoms with van der Waals surface area (Å²) in [5, 5.41) is 8.80. The van der Waals surface area contributed by atoms with Gasteiger partial charge in [0, 0.05) is 12.5 Å². The van der Waals surface area contributed by atoms with E-state index in [1.807, 2.05) is 13.8 Å². The quantitative estimate of drug-likeness (QED) is 0.907. The Morgan fingerprint density at radius 2 is 2.22 bits per heavy atom. The summed E-state index contributed by atoms with van der Waals surface area (Å²) in [5.41, 5.74) is 0.513. The molecule has 1 heterocycles. The van der Waals surface area contributed by atoms with Crippen LogP contribution in [0.2, 0.25) is 0 Å². The molecule has 0 radical (unpaired) electrons. The van der Waals surface area contributed by atoms with Crippen molar-refractivity contribution in [3.8, 4) is 0 Å². The Balaban J connectivity index is 2.24. The molecular formula is C13H14FNO3. The van der Waals surface area contributed by atoms with Gasteiger partial charge < -0.3 is 9.52 Å². The molecule has 0 saturated carbocycles. The van der Waals surface area contributed by atoms with Crippen LogP contribution in [0.3, 0.4) is 0 Å². The Kier molecular flexibility index (Phi) is 3.07. The van der Waals surface area contributed by atoms with Gasteiger partial charge >= 0.3 is 5.97 Å². The molecule has 2 aromatic rings. The molecule has 0 amide bonds. The predicted octanol–water partition coefficient (Wildman–Crippen LogP) is 3.01. The summed E-state index contributed by atoms with van der Waals surface area (Å²) in [4.78, 5) is 14.9. The standard InChI is InChI=1S/C13H14FNO3/c1-13(2,7-12(16)17)6-11-15-9-4-3-8(14)5-10(9)18-11/h3-5H,6-7H2,1-2H3,(H,16,17). The lowest BCUT2D eigenvalue weighted by molar-refractivity contribution is -0.139. The predicted molar refractivity (Wildman–Crippen MR) is 63.7 cm³/mol. The van der Waals surface area contributed by atoms with Crippen LogP contribution in [0.4, 0.5) is 4.39 Å². The van der Waals surface area contributed by atoms with Gasteiger partial charge in [-0.3, -0.25) is 4.79 Å². The lowest BCUT2D eigenvalue weighted by Crippen LogP contribution is -2.19. The van der Waals surface area contributed by atoms with Crippen LogP contribution in [-0.2, 0) is 11.2 Å². The molecule has 1 aromatic heterocycles. The van der Waals surface area contributed by atoms with E-state index in [1.54, 1.807) is 6.07 Å². The molecule has 96 valence electrons. The van der Waals surface area contributed by atoms with E-state index < -0.39 is 11.4 Å². The molecule has 5 heteroatoms. The average Bonchev–Trinajstić information content (AvgIpc) is 2.55. The fourth-order valence-corrected chi connectivity index (χ4v) is 1.90. The van der Waals surface area contributed by atoms with Gasteiger partial charge in [-0.2, -0.15) is 0 Å². The van der Waals surface area contributed by atoms with Crippen molar-refractivity contribution in [2.24, 2.45) is 5.41 Å². The van der Waals surface area contributed by atoms with Gasteiger partial charge in [0.05, 0.1) is 6.42 Å². The first kappa shape index (κ1) is 12.5. The van der Waals surface area contributed by atoms with Gasteiger partial charge in [0.2, 0.25) is 0 Å². The molecule has 4 nitrogen and oxygen atoms in total. The van der Waals surface area contributed by atoms with E-state index in [9.17, 15) is 9.18 Å². The zero-order chi connectivity index (χ0) is 13.3. The first-order valence-electron chi connectivity index (χ1n) is 5.62. The number of benzene rings is 1. The fourth-order valence-electron chi connectivity index (χ4n) is 1.90. The first-order chi connectivity index (χ1) is 8.35. The smallest absolute Gasteiger partial charge is 0.303 e. The summed E-state index contributed by atoms with van der Waals surface area (Å²) in [6, 6.07) is 4.13. The molecule has 18 heavy (non-hydrogen) atoms. The molecule has 0 atom stereocenters. The van der Waals surface area contributed by atoms with Crippen molar-refractivity contribution >= 4 is 17.1 Å².